The highest BCUT2D eigenvalue weighted by Crippen LogP contribution is 2.60. The van der Waals surface area contributed by atoms with Crippen LogP contribution in [-0.4, -0.2) is 11.0 Å². The van der Waals surface area contributed by atoms with Gasteiger partial charge in [0.05, 0.1) is 0 Å². The van der Waals surface area contributed by atoms with Crippen LogP contribution < -0.4 is 0 Å². The molecule has 1 atom stereocenters. The zero-order valence-corrected chi connectivity index (χ0v) is 18.0. The van der Waals surface area contributed by atoms with E-state index >= 15 is 0 Å². The maximum Gasteiger partial charge on any atom is 0.0499 e. The smallest absolute Gasteiger partial charge is 0.0499 e. The van der Waals surface area contributed by atoms with Crippen molar-refractivity contribution in [2.45, 2.75) is 73.0 Å². The Hall–Kier alpha value is -0.690. The fourth-order valence-electron chi connectivity index (χ4n) is 4.23. The zero-order chi connectivity index (χ0) is 18.4. The highest BCUT2D eigenvalue weighted by Gasteiger charge is 2.52. The summed E-state index contributed by atoms with van der Waals surface area (Å²) in [6.07, 6.45) is 16.6. The molecule has 0 saturated carbocycles. The van der Waals surface area contributed by atoms with E-state index in [1.54, 1.807) is 5.57 Å². The van der Waals surface area contributed by atoms with Crippen molar-refractivity contribution in [1.29, 1.82) is 0 Å². The van der Waals surface area contributed by atoms with Crippen molar-refractivity contribution >= 4 is 11.8 Å². The Morgan fingerprint density at radius 1 is 0.875 bits per heavy atom. The summed E-state index contributed by atoms with van der Waals surface area (Å²) >= 11 is 2.05. The Morgan fingerprint density at radius 2 is 1.50 bits per heavy atom. The monoisotopic (exact) mass is 344 g/mol. The van der Waals surface area contributed by atoms with Gasteiger partial charge in [-0.3, -0.25) is 0 Å². The third-order valence-electron chi connectivity index (χ3n) is 5.87. The topological polar surface area (TPSA) is 0 Å². The van der Waals surface area contributed by atoms with Crippen LogP contribution in [0.1, 0.15) is 68.2 Å². The lowest BCUT2D eigenvalue weighted by molar-refractivity contribution is 0.297. The Labute approximate surface area is 154 Å². The van der Waals surface area contributed by atoms with Crippen LogP contribution in [0.2, 0.25) is 0 Å². The van der Waals surface area contributed by atoms with Gasteiger partial charge in [0.15, 0.2) is 0 Å². The van der Waals surface area contributed by atoms with E-state index in [9.17, 15) is 0 Å². The molecule has 2 aliphatic carbocycles. The zero-order valence-electron chi connectivity index (χ0n) is 17.2. The number of hydrogen-bond donors (Lipinski definition) is 0. The molecule has 0 aromatic carbocycles. The minimum absolute atomic E-state index is 0.110. The summed E-state index contributed by atoms with van der Waals surface area (Å²) in [5.41, 5.74) is 5.06. The highest BCUT2D eigenvalue weighted by atomic mass is 32.2. The predicted octanol–water partition coefficient (Wildman–Crippen LogP) is 7.35. The molecule has 24 heavy (non-hydrogen) atoms. The molecule has 0 amide bonds. The van der Waals surface area contributed by atoms with Crippen LogP contribution in [0.3, 0.4) is 0 Å². The van der Waals surface area contributed by atoms with E-state index in [1.807, 2.05) is 11.8 Å². The third-order valence-corrected chi connectivity index (χ3v) is 7.46. The number of rotatable bonds is 3. The number of thioether (sulfide) groups is 1. The number of allylic oxidation sites excluding steroid dienone is 7. The first-order chi connectivity index (χ1) is 10.9. The van der Waals surface area contributed by atoms with Crippen LogP contribution in [0.5, 0.6) is 0 Å². The first kappa shape index (κ1) is 19.6. The van der Waals surface area contributed by atoms with Crippen molar-refractivity contribution in [3.8, 4) is 0 Å². The molecule has 1 heteroatoms. The minimum atomic E-state index is 0.110. The van der Waals surface area contributed by atoms with Gasteiger partial charge in [-0.2, -0.15) is 11.8 Å². The second-order valence-corrected chi connectivity index (χ2v) is 11.0. The molecule has 0 nitrogen and oxygen atoms in total. The average Bonchev–Trinajstić information content (AvgIpc) is 2.99. The van der Waals surface area contributed by atoms with E-state index < -0.39 is 0 Å². The minimum Gasteiger partial charge on any atom is -0.153 e. The van der Waals surface area contributed by atoms with E-state index in [1.165, 1.54) is 11.1 Å². The Bertz CT molecular complexity index is 611. The number of hydrogen-bond acceptors (Lipinski definition) is 1. The van der Waals surface area contributed by atoms with Crippen LogP contribution in [0, 0.1) is 16.2 Å². The lowest BCUT2D eigenvalue weighted by atomic mass is 9.59. The van der Waals surface area contributed by atoms with Crippen molar-refractivity contribution in [1.82, 2.24) is 0 Å². The van der Waals surface area contributed by atoms with E-state index in [4.69, 9.17) is 0 Å². The average molecular weight is 345 g/mol. The maximum atomic E-state index is 2.53. The van der Waals surface area contributed by atoms with E-state index in [0.29, 0.717) is 0 Å². The van der Waals surface area contributed by atoms with Crippen molar-refractivity contribution in [3.63, 3.8) is 0 Å². The second-order valence-electron chi connectivity index (χ2n) is 9.88. The maximum absolute atomic E-state index is 2.53. The summed E-state index contributed by atoms with van der Waals surface area (Å²) in [6, 6.07) is 0. The van der Waals surface area contributed by atoms with Crippen LogP contribution in [0.25, 0.3) is 0 Å². The predicted molar refractivity (Wildman–Crippen MR) is 112 cm³/mol. The van der Waals surface area contributed by atoms with Gasteiger partial charge >= 0.3 is 0 Å². The second kappa shape index (κ2) is 6.24. The van der Waals surface area contributed by atoms with Crippen LogP contribution in [0.15, 0.2) is 47.1 Å². The molecular weight excluding hydrogens is 308 g/mol. The third kappa shape index (κ3) is 3.21. The quantitative estimate of drug-likeness (QED) is 0.515. The Balaban J connectivity index is 2.63. The molecule has 0 saturated heterocycles. The largest absolute Gasteiger partial charge is 0.153 e. The molecule has 0 aromatic rings. The molecule has 0 aliphatic heterocycles. The molecule has 0 bridgehead atoms. The molecular formula is C23H36S. The molecule has 0 radical (unpaired) electrons. The van der Waals surface area contributed by atoms with Gasteiger partial charge in [-0.25, -0.2) is 0 Å². The molecule has 2 aliphatic rings. The van der Waals surface area contributed by atoms with Crippen LogP contribution in [-0.2, 0) is 0 Å². The molecule has 0 spiro atoms. The first-order valence-corrected chi connectivity index (χ1v) is 10.4. The van der Waals surface area contributed by atoms with Gasteiger partial charge in [-0.15, -0.1) is 0 Å². The highest BCUT2D eigenvalue weighted by molar-refractivity contribution is 8.00. The summed E-state index contributed by atoms with van der Waals surface area (Å²) in [7, 11) is 0. The molecule has 134 valence electrons. The summed E-state index contributed by atoms with van der Waals surface area (Å²) in [5.74, 6) is 0. The fraction of sp³-hybridized carbons (Fsp3) is 0.652. The van der Waals surface area contributed by atoms with Gasteiger partial charge in [-0.1, -0.05) is 85.8 Å². The lowest BCUT2D eigenvalue weighted by Crippen LogP contribution is -2.48. The van der Waals surface area contributed by atoms with Gasteiger partial charge in [0.2, 0.25) is 0 Å². The SMILES string of the molecule is CSC1(C(C)(C)C2=CCC=C2)CC=C(C(C)(C)C)C=C1C(C)(C)C. The van der Waals surface area contributed by atoms with Gasteiger partial charge < -0.3 is 0 Å². The Morgan fingerprint density at radius 3 is 1.92 bits per heavy atom. The normalized spacial score (nSPS) is 25.5. The van der Waals surface area contributed by atoms with E-state index in [-0.39, 0.29) is 21.0 Å². The summed E-state index contributed by atoms with van der Waals surface area (Å²) in [4.78, 5) is 0. The molecule has 0 aromatic heterocycles. The molecule has 1 unspecified atom stereocenters. The van der Waals surface area contributed by atoms with Gasteiger partial charge in [-0.05, 0) is 46.6 Å². The van der Waals surface area contributed by atoms with E-state index in [2.05, 4.69) is 92.0 Å². The van der Waals surface area contributed by atoms with Crippen LogP contribution >= 0.6 is 11.8 Å². The summed E-state index contributed by atoms with van der Waals surface area (Å²) < 4.78 is 0.112. The van der Waals surface area contributed by atoms with Crippen molar-refractivity contribution in [3.05, 3.63) is 47.1 Å². The van der Waals surface area contributed by atoms with Gasteiger partial charge in [0.25, 0.3) is 0 Å². The molecule has 2 rings (SSSR count). The van der Waals surface area contributed by atoms with Crippen molar-refractivity contribution < 1.29 is 0 Å². The molecule has 0 N–H and O–H groups in total. The summed E-state index contributed by atoms with van der Waals surface area (Å²) in [5, 5.41) is 0. The van der Waals surface area contributed by atoms with E-state index in [0.717, 1.165) is 12.8 Å². The standard InChI is InChI=1S/C23H36S/c1-20(2,3)18-14-15-23(24-9,19(16-18)21(4,5)6)22(7,8)17-12-10-11-13-17/h10,12-14,16H,11,15H2,1-9H3. The summed E-state index contributed by atoms with van der Waals surface area (Å²) in [6.45, 7) is 19.0. The lowest BCUT2D eigenvalue weighted by Gasteiger charge is -2.53. The van der Waals surface area contributed by atoms with Crippen molar-refractivity contribution in [2.24, 2.45) is 16.2 Å². The van der Waals surface area contributed by atoms with Crippen molar-refractivity contribution in [2.75, 3.05) is 6.26 Å². The Kier molecular flexibility index (Phi) is 5.10. The first-order valence-electron chi connectivity index (χ1n) is 9.22. The fourth-order valence-corrected chi connectivity index (χ4v) is 5.70. The van der Waals surface area contributed by atoms with Gasteiger partial charge in [0.1, 0.15) is 0 Å². The molecule has 0 heterocycles. The van der Waals surface area contributed by atoms with Gasteiger partial charge in [0, 0.05) is 10.2 Å². The molecule has 0 fully saturated rings. The van der Waals surface area contributed by atoms with Crippen LogP contribution in [0.4, 0.5) is 0 Å².